The zero-order valence-corrected chi connectivity index (χ0v) is 12.8. The molecule has 1 aliphatic rings. The summed E-state index contributed by atoms with van der Waals surface area (Å²) < 4.78 is 0. The first kappa shape index (κ1) is 16.0. The second-order valence-corrected chi connectivity index (χ2v) is 5.73. The van der Waals surface area contributed by atoms with E-state index in [0.29, 0.717) is 6.54 Å². The number of likely N-dealkylation sites (N-methyl/N-ethyl adjacent to an activating group) is 1. The number of carbonyl (C=O) groups excluding carboxylic acids is 2. The highest BCUT2D eigenvalue weighted by Crippen LogP contribution is 2.18. The molecule has 0 spiro atoms. The number of rotatable bonds is 5. The van der Waals surface area contributed by atoms with E-state index in [0.717, 1.165) is 19.4 Å². The molecule has 1 heterocycles. The molecule has 1 unspecified atom stereocenters. The van der Waals surface area contributed by atoms with Crippen molar-refractivity contribution < 1.29 is 9.59 Å². The highest BCUT2D eigenvalue weighted by atomic mass is 16.2. The Kier molecular flexibility index (Phi) is 5.79. The molecule has 1 rings (SSSR count). The lowest BCUT2D eigenvalue weighted by atomic mass is 10.2. The van der Waals surface area contributed by atoms with Gasteiger partial charge in [-0.05, 0) is 47.1 Å². The number of amides is 2. The van der Waals surface area contributed by atoms with E-state index < -0.39 is 0 Å². The van der Waals surface area contributed by atoms with E-state index in [9.17, 15) is 9.59 Å². The van der Waals surface area contributed by atoms with Crippen molar-refractivity contribution in [3.63, 3.8) is 0 Å². The first-order valence-electron chi connectivity index (χ1n) is 7.15. The first-order valence-corrected chi connectivity index (χ1v) is 7.15. The molecule has 5 nitrogen and oxygen atoms in total. The standard InChI is InChI=1S/C14H27N3O2/c1-10(2)17(11(3)4)13(18)9-16-8-6-7-12(16)14(19)15-5/h10-12H,6-9H2,1-5H3,(H,15,19). The molecule has 0 aromatic carbocycles. The molecule has 1 fully saturated rings. The van der Waals surface area contributed by atoms with Gasteiger partial charge in [-0.2, -0.15) is 0 Å². The normalized spacial score (nSPS) is 20.1. The summed E-state index contributed by atoms with van der Waals surface area (Å²) in [7, 11) is 1.65. The van der Waals surface area contributed by atoms with Crippen molar-refractivity contribution in [2.24, 2.45) is 0 Å². The lowest BCUT2D eigenvalue weighted by Gasteiger charge is -2.33. The average Bonchev–Trinajstić information content (AvgIpc) is 2.74. The van der Waals surface area contributed by atoms with Crippen molar-refractivity contribution in [2.45, 2.75) is 58.7 Å². The SMILES string of the molecule is CNC(=O)C1CCCN1CC(=O)N(C(C)C)C(C)C. The van der Waals surface area contributed by atoms with Gasteiger partial charge in [0.15, 0.2) is 0 Å². The van der Waals surface area contributed by atoms with Gasteiger partial charge in [0.05, 0.1) is 12.6 Å². The first-order chi connectivity index (χ1) is 8.88. The number of hydrogen-bond donors (Lipinski definition) is 1. The Hall–Kier alpha value is -1.10. The van der Waals surface area contributed by atoms with Crippen LogP contribution in [0.5, 0.6) is 0 Å². The Labute approximate surface area is 116 Å². The highest BCUT2D eigenvalue weighted by molar-refractivity contribution is 5.84. The predicted molar refractivity (Wildman–Crippen MR) is 75.8 cm³/mol. The summed E-state index contributed by atoms with van der Waals surface area (Å²) in [5.41, 5.74) is 0. The summed E-state index contributed by atoms with van der Waals surface area (Å²) in [6.45, 7) is 9.27. The van der Waals surface area contributed by atoms with Gasteiger partial charge in [0.25, 0.3) is 0 Å². The summed E-state index contributed by atoms with van der Waals surface area (Å²) >= 11 is 0. The van der Waals surface area contributed by atoms with Crippen LogP contribution in [0, 0.1) is 0 Å². The number of hydrogen-bond acceptors (Lipinski definition) is 3. The fourth-order valence-electron chi connectivity index (χ4n) is 2.91. The van der Waals surface area contributed by atoms with Gasteiger partial charge in [-0.25, -0.2) is 0 Å². The maximum absolute atomic E-state index is 12.4. The van der Waals surface area contributed by atoms with Gasteiger partial charge in [0.2, 0.25) is 11.8 Å². The molecule has 0 aromatic heterocycles. The van der Waals surface area contributed by atoms with Gasteiger partial charge in [-0.15, -0.1) is 0 Å². The number of likely N-dealkylation sites (tertiary alicyclic amines) is 1. The van der Waals surface area contributed by atoms with Crippen molar-refractivity contribution in [1.29, 1.82) is 0 Å². The largest absolute Gasteiger partial charge is 0.358 e. The zero-order chi connectivity index (χ0) is 14.6. The second kappa shape index (κ2) is 6.89. The van der Waals surface area contributed by atoms with Gasteiger partial charge < -0.3 is 10.2 Å². The maximum atomic E-state index is 12.4. The maximum Gasteiger partial charge on any atom is 0.237 e. The second-order valence-electron chi connectivity index (χ2n) is 5.73. The predicted octanol–water partition coefficient (Wildman–Crippen LogP) is 0.842. The van der Waals surface area contributed by atoms with E-state index in [-0.39, 0.29) is 29.9 Å². The molecule has 110 valence electrons. The van der Waals surface area contributed by atoms with E-state index in [1.165, 1.54) is 0 Å². The molecular weight excluding hydrogens is 242 g/mol. The molecule has 0 aliphatic carbocycles. The van der Waals surface area contributed by atoms with Crippen LogP contribution in [0.4, 0.5) is 0 Å². The lowest BCUT2D eigenvalue weighted by molar-refractivity contribution is -0.137. The molecule has 0 saturated carbocycles. The Morgan fingerprint density at radius 3 is 2.32 bits per heavy atom. The monoisotopic (exact) mass is 269 g/mol. The molecule has 1 saturated heterocycles. The third-order valence-corrected chi connectivity index (χ3v) is 3.65. The molecule has 1 aliphatic heterocycles. The van der Waals surface area contributed by atoms with Crippen LogP contribution >= 0.6 is 0 Å². The molecule has 0 radical (unpaired) electrons. The van der Waals surface area contributed by atoms with Crippen LogP contribution in [0.2, 0.25) is 0 Å². The van der Waals surface area contributed by atoms with E-state index >= 15 is 0 Å². The van der Waals surface area contributed by atoms with E-state index in [2.05, 4.69) is 5.32 Å². The van der Waals surface area contributed by atoms with Crippen molar-refractivity contribution >= 4 is 11.8 Å². The van der Waals surface area contributed by atoms with Crippen molar-refractivity contribution in [3.05, 3.63) is 0 Å². The molecule has 1 atom stereocenters. The van der Waals surface area contributed by atoms with Gasteiger partial charge in [-0.1, -0.05) is 0 Å². The van der Waals surface area contributed by atoms with Crippen LogP contribution in [0.25, 0.3) is 0 Å². The number of nitrogens with zero attached hydrogens (tertiary/aromatic N) is 2. The van der Waals surface area contributed by atoms with Gasteiger partial charge >= 0.3 is 0 Å². The molecule has 0 bridgehead atoms. The summed E-state index contributed by atoms with van der Waals surface area (Å²) in [4.78, 5) is 28.0. The molecular formula is C14H27N3O2. The van der Waals surface area contributed by atoms with Crippen LogP contribution in [0.1, 0.15) is 40.5 Å². The molecule has 5 heteroatoms. The zero-order valence-electron chi connectivity index (χ0n) is 12.8. The van der Waals surface area contributed by atoms with E-state index in [1.54, 1.807) is 7.05 Å². The molecule has 1 N–H and O–H groups in total. The van der Waals surface area contributed by atoms with Crippen molar-refractivity contribution in [3.8, 4) is 0 Å². The molecule has 0 aromatic rings. The summed E-state index contributed by atoms with van der Waals surface area (Å²) in [5, 5.41) is 2.68. The Balaban J connectivity index is 2.67. The molecule has 19 heavy (non-hydrogen) atoms. The fraction of sp³-hybridized carbons (Fsp3) is 0.857. The van der Waals surface area contributed by atoms with Crippen LogP contribution in [0.15, 0.2) is 0 Å². The van der Waals surface area contributed by atoms with Crippen molar-refractivity contribution in [1.82, 2.24) is 15.1 Å². The molecule has 2 amide bonds. The smallest absolute Gasteiger partial charge is 0.237 e. The highest BCUT2D eigenvalue weighted by Gasteiger charge is 2.33. The van der Waals surface area contributed by atoms with Gasteiger partial charge in [0, 0.05) is 19.1 Å². The van der Waals surface area contributed by atoms with E-state index in [4.69, 9.17) is 0 Å². The average molecular weight is 269 g/mol. The fourth-order valence-corrected chi connectivity index (χ4v) is 2.91. The van der Waals surface area contributed by atoms with Crippen molar-refractivity contribution in [2.75, 3.05) is 20.1 Å². The van der Waals surface area contributed by atoms with Gasteiger partial charge in [-0.3, -0.25) is 14.5 Å². The third-order valence-electron chi connectivity index (χ3n) is 3.65. The summed E-state index contributed by atoms with van der Waals surface area (Å²) in [5.74, 6) is 0.131. The topological polar surface area (TPSA) is 52.7 Å². The van der Waals surface area contributed by atoms with Crippen LogP contribution in [0.3, 0.4) is 0 Å². The van der Waals surface area contributed by atoms with Crippen LogP contribution in [-0.4, -0.2) is 59.9 Å². The number of carbonyl (C=O) groups is 2. The van der Waals surface area contributed by atoms with Gasteiger partial charge in [0.1, 0.15) is 0 Å². The summed E-state index contributed by atoms with van der Waals surface area (Å²) in [6.07, 6.45) is 1.82. The van der Waals surface area contributed by atoms with Crippen LogP contribution in [-0.2, 0) is 9.59 Å². The van der Waals surface area contributed by atoms with E-state index in [1.807, 2.05) is 37.5 Å². The number of nitrogens with one attached hydrogen (secondary N) is 1. The minimum atomic E-state index is -0.143. The Morgan fingerprint density at radius 2 is 1.84 bits per heavy atom. The quantitative estimate of drug-likeness (QED) is 0.805. The van der Waals surface area contributed by atoms with Crippen LogP contribution < -0.4 is 5.32 Å². The Bertz CT molecular complexity index is 321. The Morgan fingerprint density at radius 1 is 1.26 bits per heavy atom. The minimum Gasteiger partial charge on any atom is -0.358 e. The summed E-state index contributed by atoms with van der Waals surface area (Å²) in [6, 6.07) is 0.234. The minimum absolute atomic E-state index is 0.0194. The lowest BCUT2D eigenvalue weighted by Crippen LogP contribution is -2.50. The third kappa shape index (κ3) is 3.93.